The molecule has 0 spiro atoms. The van der Waals surface area contributed by atoms with Gasteiger partial charge in [0, 0.05) is 0 Å². The molecule has 6 heteroatoms. The number of carbonyl (C=O) groups is 2. The lowest BCUT2D eigenvalue weighted by Crippen LogP contribution is -2.33. The molecule has 0 aromatic heterocycles. The number of rotatable bonds is 18. The highest BCUT2D eigenvalue weighted by Crippen LogP contribution is 2.09. The van der Waals surface area contributed by atoms with Gasteiger partial charge >= 0.3 is 11.9 Å². The first-order valence-corrected chi connectivity index (χ1v) is 11.4. The average Bonchev–Trinajstić information content (AvgIpc) is 2.74. The lowest BCUT2D eigenvalue weighted by molar-refractivity contribution is -0.260. The van der Waals surface area contributed by atoms with Crippen molar-refractivity contribution in [2.75, 3.05) is 6.54 Å². The lowest BCUT2D eigenvalue weighted by atomic mass is 10.1. The van der Waals surface area contributed by atoms with Crippen LogP contribution in [-0.4, -0.2) is 24.5 Å². The molecule has 0 aliphatic carbocycles. The van der Waals surface area contributed by atoms with Gasteiger partial charge in [-0.1, -0.05) is 69.1 Å². The van der Waals surface area contributed by atoms with Crippen LogP contribution in [0.15, 0.2) is 36.5 Å². The quantitative estimate of drug-likeness (QED) is 0.139. The Morgan fingerprint density at radius 3 is 2.13 bits per heavy atom. The molecular formula is C24H42N2O4. The van der Waals surface area contributed by atoms with E-state index in [0.29, 0.717) is 13.0 Å². The topological polar surface area (TPSA) is 105 Å². The maximum atomic E-state index is 11.6. The van der Waals surface area contributed by atoms with Gasteiger partial charge in [0.2, 0.25) is 0 Å². The number of carbonyl (C=O) groups excluding carboxylic acids is 2. The van der Waals surface area contributed by atoms with Crippen molar-refractivity contribution in [3.8, 4) is 0 Å². The van der Waals surface area contributed by atoms with E-state index in [1.54, 1.807) is 0 Å². The normalized spacial score (nSPS) is 12.8. The molecule has 0 heterocycles. The molecule has 1 atom stereocenters. The van der Waals surface area contributed by atoms with E-state index < -0.39 is 18.0 Å². The predicted octanol–water partition coefficient (Wildman–Crippen LogP) is 5.03. The van der Waals surface area contributed by atoms with Crippen LogP contribution >= 0.6 is 0 Å². The van der Waals surface area contributed by atoms with Gasteiger partial charge in [0.15, 0.2) is 0 Å². The van der Waals surface area contributed by atoms with E-state index in [0.717, 1.165) is 70.6 Å². The SMILES string of the molecule is CC/C=C\C/C=C\C/C=C\CCCCCCCC(=O)OOC(=O)C(N)CCCCN. The molecule has 0 saturated carbocycles. The van der Waals surface area contributed by atoms with Crippen molar-refractivity contribution in [2.24, 2.45) is 11.5 Å². The van der Waals surface area contributed by atoms with Gasteiger partial charge in [-0.25, -0.2) is 19.4 Å². The molecule has 0 amide bonds. The molecule has 1 unspecified atom stereocenters. The largest absolute Gasteiger partial charge is 0.372 e. The molecule has 0 fully saturated rings. The number of hydrogen-bond acceptors (Lipinski definition) is 6. The Morgan fingerprint density at radius 1 is 0.800 bits per heavy atom. The van der Waals surface area contributed by atoms with E-state index in [4.69, 9.17) is 11.5 Å². The van der Waals surface area contributed by atoms with Gasteiger partial charge in [-0.3, -0.25) is 0 Å². The van der Waals surface area contributed by atoms with Crippen LogP contribution in [-0.2, 0) is 19.4 Å². The summed E-state index contributed by atoms with van der Waals surface area (Å²) in [5.74, 6) is -1.24. The fraction of sp³-hybridized carbons (Fsp3) is 0.667. The highest BCUT2D eigenvalue weighted by molar-refractivity contribution is 5.76. The first kappa shape index (κ1) is 28.1. The molecule has 0 bridgehead atoms. The molecule has 6 nitrogen and oxygen atoms in total. The second-order valence-electron chi connectivity index (χ2n) is 7.35. The zero-order valence-corrected chi connectivity index (χ0v) is 18.7. The van der Waals surface area contributed by atoms with Crippen molar-refractivity contribution < 1.29 is 19.4 Å². The summed E-state index contributed by atoms with van der Waals surface area (Å²) in [5.41, 5.74) is 11.0. The summed E-state index contributed by atoms with van der Waals surface area (Å²) in [4.78, 5) is 32.2. The molecular weight excluding hydrogens is 380 g/mol. The van der Waals surface area contributed by atoms with E-state index in [-0.39, 0.29) is 6.42 Å². The maximum Gasteiger partial charge on any atom is 0.372 e. The summed E-state index contributed by atoms with van der Waals surface area (Å²) in [6, 6.07) is -0.780. The van der Waals surface area contributed by atoms with Crippen molar-refractivity contribution in [1.29, 1.82) is 0 Å². The lowest BCUT2D eigenvalue weighted by Gasteiger charge is -2.09. The first-order chi connectivity index (χ1) is 14.6. The van der Waals surface area contributed by atoms with Crippen LogP contribution in [0.4, 0.5) is 0 Å². The summed E-state index contributed by atoms with van der Waals surface area (Å²) in [5, 5.41) is 0. The Morgan fingerprint density at radius 2 is 1.43 bits per heavy atom. The average molecular weight is 423 g/mol. The van der Waals surface area contributed by atoms with Gasteiger partial charge in [-0.15, -0.1) is 0 Å². The third kappa shape index (κ3) is 19.4. The van der Waals surface area contributed by atoms with Gasteiger partial charge in [-0.2, -0.15) is 0 Å². The Bertz CT molecular complexity index is 515. The van der Waals surface area contributed by atoms with Gasteiger partial charge in [0.25, 0.3) is 0 Å². The summed E-state index contributed by atoms with van der Waals surface area (Å²) < 4.78 is 0. The summed E-state index contributed by atoms with van der Waals surface area (Å²) in [6.07, 6.45) is 24.7. The molecule has 0 radical (unpaired) electrons. The standard InChI is InChI=1S/C24H42N2O4/c1-2-3-4-5-6-7-8-9-10-11-12-13-14-15-16-20-23(27)29-30-24(28)22(26)19-17-18-21-25/h3-4,6-7,9-10,22H,2,5,8,11-21,25-26H2,1H3/b4-3-,7-6-,10-9-. The van der Waals surface area contributed by atoms with Crippen LogP contribution in [0.1, 0.15) is 90.4 Å². The molecule has 30 heavy (non-hydrogen) atoms. The van der Waals surface area contributed by atoms with Gasteiger partial charge in [-0.05, 0) is 57.9 Å². The second-order valence-corrected chi connectivity index (χ2v) is 7.35. The number of nitrogens with two attached hydrogens (primary N) is 2. The van der Waals surface area contributed by atoms with Crippen LogP contribution < -0.4 is 11.5 Å². The Balaban J connectivity index is 3.51. The monoisotopic (exact) mass is 422 g/mol. The van der Waals surface area contributed by atoms with Crippen molar-refractivity contribution >= 4 is 11.9 Å². The second kappa shape index (κ2) is 21.8. The highest BCUT2D eigenvalue weighted by atomic mass is 17.2. The molecule has 0 saturated heterocycles. The molecule has 0 aliphatic heterocycles. The van der Waals surface area contributed by atoms with E-state index in [1.807, 2.05) is 0 Å². The molecule has 172 valence electrons. The predicted molar refractivity (Wildman–Crippen MR) is 122 cm³/mol. The number of unbranched alkanes of at least 4 members (excludes halogenated alkanes) is 6. The maximum absolute atomic E-state index is 11.6. The molecule has 4 N–H and O–H groups in total. The minimum absolute atomic E-state index is 0.245. The van der Waals surface area contributed by atoms with Crippen molar-refractivity contribution in [3.05, 3.63) is 36.5 Å². The van der Waals surface area contributed by atoms with Gasteiger partial charge < -0.3 is 11.5 Å². The van der Waals surface area contributed by atoms with E-state index in [9.17, 15) is 9.59 Å². The Kier molecular flexibility index (Phi) is 20.4. The molecule has 0 aliphatic rings. The van der Waals surface area contributed by atoms with Gasteiger partial charge in [0.05, 0.1) is 6.42 Å². The van der Waals surface area contributed by atoms with Crippen molar-refractivity contribution in [1.82, 2.24) is 0 Å². The van der Waals surface area contributed by atoms with Crippen LogP contribution in [0.2, 0.25) is 0 Å². The van der Waals surface area contributed by atoms with Gasteiger partial charge in [0.1, 0.15) is 6.04 Å². The molecule has 0 rings (SSSR count). The van der Waals surface area contributed by atoms with Crippen LogP contribution in [0.5, 0.6) is 0 Å². The Labute approximate surface area is 182 Å². The fourth-order valence-corrected chi connectivity index (χ4v) is 2.71. The zero-order valence-electron chi connectivity index (χ0n) is 18.7. The van der Waals surface area contributed by atoms with E-state index in [1.165, 1.54) is 0 Å². The highest BCUT2D eigenvalue weighted by Gasteiger charge is 2.17. The van der Waals surface area contributed by atoms with Crippen LogP contribution in [0.25, 0.3) is 0 Å². The molecule has 0 aromatic rings. The minimum atomic E-state index is -0.780. The fourth-order valence-electron chi connectivity index (χ4n) is 2.71. The molecule has 0 aromatic carbocycles. The third-order valence-electron chi connectivity index (χ3n) is 4.52. The number of hydrogen-bond donors (Lipinski definition) is 2. The van der Waals surface area contributed by atoms with E-state index >= 15 is 0 Å². The Hall–Kier alpha value is -1.92. The summed E-state index contributed by atoms with van der Waals surface area (Å²) >= 11 is 0. The minimum Gasteiger partial charge on any atom is -0.330 e. The zero-order chi connectivity index (χ0) is 22.3. The third-order valence-corrected chi connectivity index (χ3v) is 4.52. The van der Waals surface area contributed by atoms with Crippen LogP contribution in [0, 0.1) is 0 Å². The first-order valence-electron chi connectivity index (χ1n) is 11.4. The summed E-state index contributed by atoms with van der Waals surface area (Å²) in [7, 11) is 0. The van der Waals surface area contributed by atoms with Crippen molar-refractivity contribution in [3.63, 3.8) is 0 Å². The number of allylic oxidation sites excluding steroid dienone is 6. The van der Waals surface area contributed by atoms with E-state index in [2.05, 4.69) is 53.2 Å². The van der Waals surface area contributed by atoms with Crippen LogP contribution in [0.3, 0.4) is 0 Å². The van der Waals surface area contributed by atoms with Crippen molar-refractivity contribution in [2.45, 2.75) is 96.4 Å². The summed E-state index contributed by atoms with van der Waals surface area (Å²) in [6.45, 7) is 2.70. The smallest absolute Gasteiger partial charge is 0.330 e.